The lowest BCUT2D eigenvalue weighted by Crippen LogP contribution is -2.41. The second kappa shape index (κ2) is 10.4. The van der Waals surface area contributed by atoms with Crippen LogP contribution >= 0.6 is 0 Å². The number of anilines is 1. The molecule has 3 rings (SSSR count). The Morgan fingerprint density at radius 3 is 2.13 bits per heavy atom. The van der Waals surface area contributed by atoms with Crippen molar-refractivity contribution in [3.63, 3.8) is 0 Å². The van der Waals surface area contributed by atoms with Crippen molar-refractivity contribution in [2.75, 3.05) is 18.4 Å². The standard InChI is InChI=1S/C24H27N3O3/c1-3-4-15-27(17-22(28)25-21-16-18(2)30-26-21)24(29)23(19-11-7-5-8-12-19)20-13-9-6-10-14-20/h5-14,16,23H,3-4,15,17H2,1-2H3,(H,25,26,28). The summed E-state index contributed by atoms with van der Waals surface area (Å²) >= 11 is 0. The number of carbonyl (C=O) groups is 2. The Labute approximate surface area is 176 Å². The smallest absolute Gasteiger partial charge is 0.245 e. The molecule has 0 bridgehead atoms. The number of benzene rings is 2. The van der Waals surface area contributed by atoms with Gasteiger partial charge in [-0.15, -0.1) is 0 Å². The minimum atomic E-state index is -0.466. The number of nitrogens with zero attached hydrogens (tertiary/aromatic N) is 2. The van der Waals surface area contributed by atoms with Gasteiger partial charge in [-0.1, -0.05) is 79.2 Å². The molecule has 0 radical (unpaired) electrons. The number of amides is 2. The van der Waals surface area contributed by atoms with Gasteiger partial charge in [0.05, 0.1) is 12.5 Å². The van der Waals surface area contributed by atoms with Gasteiger partial charge in [0.25, 0.3) is 0 Å². The van der Waals surface area contributed by atoms with Crippen LogP contribution in [-0.4, -0.2) is 35.0 Å². The van der Waals surface area contributed by atoms with Crippen molar-refractivity contribution in [3.8, 4) is 0 Å². The van der Waals surface area contributed by atoms with Crippen molar-refractivity contribution in [1.29, 1.82) is 0 Å². The molecule has 0 fully saturated rings. The molecule has 1 N–H and O–H groups in total. The van der Waals surface area contributed by atoms with Crippen molar-refractivity contribution < 1.29 is 14.1 Å². The lowest BCUT2D eigenvalue weighted by Gasteiger charge is -2.27. The first-order valence-electron chi connectivity index (χ1n) is 10.2. The van der Waals surface area contributed by atoms with Gasteiger partial charge >= 0.3 is 0 Å². The number of hydrogen-bond donors (Lipinski definition) is 1. The van der Waals surface area contributed by atoms with Crippen LogP contribution in [0.25, 0.3) is 0 Å². The molecule has 0 atom stereocenters. The van der Waals surface area contributed by atoms with Crippen LogP contribution in [0.4, 0.5) is 5.82 Å². The molecule has 1 heterocycles. The van der Waals surface area contributed by atoms with Gasteiger partial charge in [0, 0.05) is 12.6 Å². The number of rotatable bonds is 9. The molecule has 6 nitrogen and oxygen atoms in total. The minimum Gasteiger partial charge on any atom is -0.360 e. The maximum Gasteiger partial charge on any atom is 0.245 e. The van der Waals surface area contributed by atoms with Crippen LogP contribution in [0.2, 0.25) is 0 Å². The Hall–Kier alpha value is -3.41. The zero-order valence-electron chi connectivity index (χ0n) is 17.4. The van der Waals surface area contributed by atoms with Crippen LogP contribution in [0, 0.1) is 6.92 Å². The summed E-state index contributed by atoms with van der Waals surface area (Å²) in [6.45, 7) is 4.29. The van der Waals surface area contributed by atoms with E-state index in [1.54, 1.807) is 17.9 Å². The van der Waals surface area contributed by atoms with E-state index in [1.807, 2.05) is 60.7 Å². The maximum absolute atomic E-state index is 13.7. The van der Waals surface area contributed by atoms with Gasteiger partial charge in [-0.3, -0.25) is 9.59 Å². The van der Waals surface area contributed by atoms with E-state index < -0.39 is 5.92 Å². The van der Waals surface area contributed by atoms with Crippen molar-refractivity contribution in [2.24, 2.45) is 0 Å². The van der Waals surface area contributed by atoms with Crippen LogP contribution < -0.4 is 5.32 Å². The first kappa shape index (κ1) is 21.3. The van der Waals surface area contributed by atoms with Crippen molar-refractivity contribution in [1.82, 2.24) is 10.1 Å². The van der Waals surface area contributed by atoms with Gasteiger partial charge in [0.2, 0.25) is 11.8 Å². The number of nitrogens with one attached hydrogen (secondary N) is 1. The summed E-state index contributed by atoms with van der Waals surface area (Å²) < 4.78 is 4.99. The number of hydrogen-bond acceptors (Lipinski definition) is 4. The molecule has 0 aliphatic rings. The Bertz CT molecular complexity index is 915. The zero-order chi connectivity index (χ0) is 21.3. The van der Waals surface area contributed by atoms with Crippen LogP contribution in [-0.2, 0) is 9.59 Å². The van der Waals surface area contributed by atoms with E-state index in [0.717, 1.165) is 24.0 Å². The Kier molecular flexibility index (Phi) is 7.38. The van der Waals surface area contributed by atoms with Crippen molar-refractivity contribution in [2.45, 2.75) is 32.6 Å². The third-order valence-corrected chi connectivity index (χ3v) is 4.84. The van der Waals surface area contributed by atoms with Crippen LogP contribution in [0.1, 0.15) is 42.6 Å². The highest BCUT2D eigenvalue weighted by Gasteiger charge is 2.28. The van der Waals surface area contributed by atoms with Crippen molar-refractivity contribution in [3.05, 3.63) is 83.6 Å². The summed E-state index contributed by atoms with van der Waals surface area (Å²) in [6, 6.07) is 21.0. The SMILES string of the molecule is CCCCN(CC(=O)Nc1cc(C)on1)C(=O)C(c1ccccc1)c1ccccc1. The van der Waals surface area contributed by atoms with Crippen LogP contribution in [0.3, 0.4) is 0 Å². The molecular weight excluding hydrogens is 378 g/mol. The summed E-state index contributed by atoms with van der Waals surface area (Å²) in [7, 11) is 0. The highest BCUT2D eigenvalue weighted by atomic mass is 16.5. The van der Waals surface area contributed by atoms with Gasteiger partial charge in [0.15, 0.2) is 5.82 Å². The normalized spacial score (nSPS) is 10.8. The molecule has 0 aliphatic carbocycles. The molecule has 2 aromatic carbocycles. The molecule has 1 aromatic heterocycles. The van der Waals surface area contributed by atoms with Gasteiger partial charge in [0.1, 0.15) is 5.76 Å². The molecule has 2 amide bonds. The molecular formula is C24H27N3O3. The predicted molar refractivity (Wildman–Crippen MR) is 116 cm³/mol. The molecule has 0 spiro atoms. The number of aryl methyl sites for hydroxylation is 1. The van der Waals surface area contributed by atoms with E-state index in [2.05, 4.69) is 17.4 Å². The maximum atomic E-state index is 13.7. The molecule has 0 saturated heterocycles. The average Bonchev–Trinajstić information content (AvgIpc) is 3.17. The first-order chi connectivity index (χ1) is 14.6. The number of aromatic nitrogens is 1. The van der Waals surface area contributed by atoms with E-state index in [9.17, 15) is 9.59 Å². The summed E-state index contributed by atoms with van der Waals surface area (Å²) in [4.78, 5) is 27.9. The van der Waals surface area contributed by atoms with Gasteiger partial charge in [-0.2, -0.15) is 0 Å². The first-order valence-corrected chi connectivity index (χ1v) is 10.2. The topological polar surface area (TPSA) is 75.4 Å². The monoisotopic (exact) mass is 405 g/mol. The second-order valence-electron chi connectivity index (χ2n) is 7.24. The largest absolute Gasteiger partial charge is 0.360 e. The van der Waals surface area contributed by atoms with Gasteiger partial charge in [-0.05, 0) is 24.5 Å². The lowest BCUT2D eigenvalue weighted by atomic mass is 9.90. The van der Waals surface area contributed by atoms with E-state index in [0.29, 0.717) is 18.1 Å². The fraction of sp³-hybridized carbons (Fsp3) is 0.292. The second-order valence-corrected chi connectivity index (χ2v) is 7.24. The predicted octanol–water partition coefficient (Wildman–Crippen LogP) is 4.38. The summed E-state index contributed by atoms with van der Waals surface area (Å²) in [5.74, 6) is 0.104. The van der Waals surface area contributed by atoms with E-state index in [-0.39, 0.29) is 18.4 Å². The van der Waals surface area contributed by atoms with Crippen LogP contribution in [0.15, 0.2) is 71.3 Å². The van der Waals surface area contributed by atoms with Crippen molar-refractivity contribution >= 4 is 17.6 Å². The number of unbranched alkanes of at least 4 members (excludes halogenated alkanes) is 1. The van der Waals surface area contributed by atoms with Crippen LogP contribution in [0.5, 0.6) is 0 Å². The summed E-state index contributed by atoms with van der Waals surface area (Å²) in [6.07, 6.45) is 1.74. The highest BCUT2D eigenvalue weighted by molar-refractivity contribution is 5.95. The quantitative estimate of drug-likeness (QED) is 0.573. The zero-order valence-corrected chi connectivity index (χ0v) is 17.4. The fourth-order valence-corrected chi connectivity index (χ4v) is 3.35. The van der Waals surface area contributed by atoms with Gasteiger partial charge in [-0.25, -0.2) is 0 Å². The average molecular weight is 405 g/mol. The summed E-state index contributed by atoms with van der Waals surface area (Å²) in [5, 5.41) is 6.50. The third kappa shape index (κ3) is 5.56. The summed E-state index contributed by atoms with van der Waals surface area (Å²) in [5.41, 5.74) is 1.81. The molecule has 3 aromatic rings. The lowest BCUT2D eigenvalue weighted by molar-refractivity contribution is -0.135. The molecule has 156 valence electrons. The Morgan fingerprint density at radius 1 is 1.03 bits per heavy atom. The van der Waals surface area contributed by atoms with E-state index in [1.165, 1.54) is 0 Å². The number of carbonyl (C=O) groups excluding carboxylic acids is 2. The van der Waals surface area contributed by atoms with Gasteiger partial charge < -0.3 is 14.7 Å². The molecule has 0 unspecified atom stereocenters. The highest BCUT2D eigenvalue weighted by Crippen LogP contribution is 2.27. The molecule has 0 aliphatic heterocycles. The fourth-order valence-electron chi connectivity index (χ4n) is 3.35. The van der Waals surface area contributed by atoms with E-state index >= 15 is 0 Å². The molecule has 6 heteroatoms. The molecule has 0 saturated carbocycles. The third-order valence-electron chi connectivity index (χ3n) is 4.84. The Morgan fingerprint density at radius 2 is 1.63 bits per heavy atom. The van der Waals surface area contributed by atoms with E-state index in [4.69, 9.17) is 4.52 Å². The molecule has 30 heavy (non-hydrogen) atoms. The Balaban J connectivity index is 1.84. The minimum absolute atomic E-state index is 0.0408.